The van der Waals surface area contributed by atoms with Crippen molar-refractivity contribution in [2.75, 3.05) is 6.54 Å². The number of nitrogens with two attached hydrogens (primary N) is 1. The molecule has 0 fully saturated rings. The van der Waals surface area contributed by atoms with Crippen LogP contribution < -0.4 is 5.73 Å². The van der Waals surface area contributed by atoms with E-state index >= 15 is 0 Å². The van der Waals surface area contributed by atoms with Crippen molar-refractivity contribution in [2.24, 2.45) is 5.73 Å². The highest BCUT2D eigenvalue weighted by Crippen LogP contribution is 2.17. The third-order valence-corrected chi connectivity index (χ3v) is 3.27. The highest BCUT2D eigenvalue weighted by molar-refractivity contribution is 5.85. The SMILES string of the molecule is CCN(Cc1ccc2ccccc2c1)C(=O)[C@@H](C)N.Cl. The Bertz CT molecular complexity index is 583. The Hall–Kier alpha value is -1.58. The second-order valence-corrected chi connectivity index (χ2v) is 4.82. The number of halogens is 1. The van der Waals surface area contributed by atoms with Crippen molar-refractivity contribution < 1.29 is 4.79 Å². The van der Waals surface area contributed by atoms with Crippen LogP contribution in [0.2, 0.25) is 0 Å². The molecule has 2 aromatic carbocycles. The van der Waals surface area contributed by atoms with Gasteiger partial charge in [0.05, 0.1) is 6.04 Å². The first-order chi connectivity index (χ1) is 9.11. The summed E-state index contributed by atoms with van der Waals surface area (Å²) in [5.41, 5.74) is 6.80. The molecule has 0 aliphatic rings. The molecule has 0 spiro atoms. The summed E-state index contributed by atoms with van der Waals surface area (Å²) in [6.07, 6.45) is 0. The molecule has 0 saturated heterocycles. The average molecular weight is 293 g/mol. The van der Waals surface area contributed by atoms with E-state index in [4.69, 9.17) is 5.73 Å². The van der Waals surface area contributed by atoms with Crippen molar-refractivity contribution >= 4 is 29.1 Å². The number of likely N-dealkylation sites (N-methyl/N-ethyl adjacent to an activating group) is 1. The molecule has 1 amide bonds. The maximum atomic E-state index is 11.9. The molecule has 0 aromatic heterocycles. The van der Waals surface area contributed by atoms with Gasteiger partial charge in [-0.1, -0.05) is 36.4 Å². The van der Waals surface area contributed by atoms with Crippen molar-refractivity contribution in [3.63, 3.8) is 0 Å². The summed E-state index contributed by atoms with van der Waals surface area (Å²) >= 11 is 0. The van der Waals surface area contributed by atoms with Crippen LogP contribution >= 0.6 is 12.4 Å². The Morgan fingerprint density at radius 2 is 1.85 bits per heavy atom. The molecule has 2 N–H and O–H groups in total. The number of hydrogen-bond donors (Lipinski definition) is 1. The fourth-order valence-corrected chi connectivity index (χ4v) is 2.19. The summed E-state index contributed by atoms with van der Waals surface area (Å²) in [5.74, 6) is -0.00402. The molecule has 4 heteroatoms. The first kappa shape index (κ1) is 16.5. The summed E-state index contributed by atoms with van der Waals surface area (Å²) in [6, 6.07) is 14.1. The van der Waals surface area contributed by atoms with Gasteiger partial charge in [-0.15, -0.1) is 12.4 Å². The summed E-state index contributed by atoms with van der Waals surface area (Å²) in [7, 11) is 0. The van der Waals surface area contributed by atoms with E-state index < -0.39 is 6.04 Å². The Labute approximate surface area is 126 Å². The van der Waals surface area contributed by atoms with Crippen molar-refractivity contribution in [1.82, 2.24) is 4.90 Å². The van der Waals surface area contributed by atoms with Crippen LogP contribution in [0.25, 0.3) is 10.8 Å². The van der Waals surface area contributed by atoms with Crippen molar-refractivity contribution in [3.05, 3.63) is 48.0 Å². The van der Waals surface area contributed by atoms with E-state index in [0.29, 0.717) is 13.1 Å². The third kappa shape index (κ3) is 3.71. The summed E-state index contributed by atoms with van der Waals surface area (Å²) < 4.78 is 0. The lowest BCUT2D eigenvalue weighted by molar-refractivity contribution is -0.132. The second kappa shape index (κ2) is 7.27. The van der Waals surface area contributed by atoms with Crippen LogP contribution in [0.1, 0.15) is 19.4 Å². The molecule has 0 unspecified atom stereocenters. The number of carbonyl (C=O) groups is 1. The largest absolute Gasteiger partial charge is 0.337 e. The predicted molar refractivity (Wildman–Crippen MR) is 85.9 cm³/mol. The minimum Gasteiger partial charge on any atom is -0.337 e. The topological polar surface area (TPSA) is 46.3 Å². The standard InChI is InChI=1S/C16H20N2O.ClH/c1-3-18(16(19)12(2)17)11-13-8-9-14-6-4-5-7-15(14)10-13;/h4-10,12H,3,11,17H2,1-2H3;1H/t12-;/m1./s1. The van der Waals surface area contributed by atoms with Crippen LogP contribution in [-0.4, -0.2) is 23.4 Å². The molecular formula is C16H21ClN2O. The van der Waals surface area contributed by atoms with E-state index in [9.17, 15) is 4.79 Å². The fourth-order valence-electron chi connectivity index (χ4n) is 2.19. The van der Waals surface area contributed by atoms with Crippen LogP contribution in [0.4, 0.5) is 0 Å². The number of amides is 1. The first-order valence-corrected chi connectivity index (χ1v) is 6.64. The number of fused-ring (bicyclic) bond motifs is 1. The Morgan fingerprint density at radius 3 is 2.45 bits per heavy atom. The molecule has 20 heavy (non-hydrogen) atoms. The highest BCUT2D eigenvalue weighted by Gasteiger charge is 2.15. The molecule has 3 nitrogen and oxygen atoms in total. The molecular weight excluding hydrogens is 272 g/mol. The quantitative estimate of drug-likeness (QED) is 0.942. The van der Waals surface area contributed by atoms with E-state index in [1.807, 2.05) is 19.1 Å². The average Bonchev–Trinajstić information content (AvgIpc) is 2.43. The highest BCUT2D eigenvalue weighted by atomic mass is 35.5. The van der Waals surface area contributed by atoms with E-state index in [1.165, 1.54) is 10.8 Å². The smallest absolute Gasteiger partial charge is 0.239 e. The van der Waals surface area contributed by atoms with Gasteiger partial charge >= 0.3 is 0 Å². The number of hydrogen-bond acceptors (Lipinski definition) is 2. The minimum atomic E-state index is -0.444. The van der Waals surface area contributed by atoms with Gasteiger partial charge in [0.15, 0.2) is 0 Å². The van der Waals surface area contributed by atoms with Crippen LogP contribution in [0, 0.1) is 0 Å². The summed E-state index contributed by atoms with van der Waals surface area (Å²) in [6.45, 7) is 4.99. The van der Waals surface area contributed by atoms with E-state index in [2.05, 4.69) is 30.3 Å². The van der Waals surface area contributed by atoms with Gasteiger partial charge in [-0.2, -0.15) is 0 Å². The van der Waals surface area contributed by atoms with Crippen molar-refractivity contribution in [3.8, 4) is 0 Å². The molecule has 0 saturated carbocycles. The number of rotatable bonds is 4. The molecule has 1 atom stereocenters. The predicted octanol–water partition coefficient (Wildman–Crippen LogP) is 2.96. The van der Waals surface area contributed by atoms with Gasteiger partial charge in [0.25, 0.3) is 0 Å². The number of carbonyl (C=O) groups excluding carboxylic acids is 1. The van der Waals surface area contributed by atoms with Gasteiger partial charge in [-0.3, -0.25) is 4.79 Å². The Kier molecular flexibility index (Phi) is 5.99. The number of nitrogens with zero attached hydrogens (tertiary/aromatic N) is 1. The Balaban J connectivity index is 0.00000200. The van der Waals surface area contributed by atoms with Gasteiger partial charge in [-0.05, 0) is 36.2 Å². The van der Waals surface area contributed by atoms with Gasteiger partial charge in [-0.25, -0.2) is 0 Å². The molecule has 0 aliphatic carbocycles. The van der Waals surface area contributed by atoms with E-state index in [1.54, 1.807) is 11.8 Å². The normalized spacial score (nSPS) is 11.8. The summed E-state index contributed by atoms with van der Waals surface area (Å²) in [4.78, 5) is 13.7. The molecule has 2 rings (SSSR count). The van der Waals surface area contributed by atoms with Crippen LogP contribution in [-0.2, 0) is 11.3 Å². The molecule has 0 bridgehead atoms. The fraction of sp³-hybridized carbons (Fsp3) is 0.312. The van der Waals surface area contributed by atoms with Crippen LogP contribution in [0.3, 0.4) is 0 Å². The monoisotopic (exact) mass is 292 g/mol. The number of benzene rings is 2. The third-order valence-electron chi connectivity index (χ3n) is 3.27. The lowest BCUT2D eigenvalue weighted by Crippen LogP contribution is -2.41. The molecule has 2 aromatic rings. The van der Waals surface area contributed by atoms with E-state index in [0.717, 1.165) is 5.56 Å². The van der Waals surface area contributed by atoms with Gasteiger partial charge in [0, 0.05) is 13.1 Å². The molecule has 0 heterocycles. The van der Waals surface area contributed by atoms with Gasteiger partial charge < -0.3 is 10.6 Å². The zero-order valence-corrected chi connectivity index (χ0v) is 12.7. The van der Waals surface area contributed by atoms with Crippen LogP contribution in [0.15, 0.2) is 42.5 Å². The first-order valence-electron chi connectivity index (χ1n) is 6.64. The van der Waals surface area contributed by atoms with Crippen LogP contribution in [0.5, 0.6) is 0 Å². The van der Waals surface area contributed by atoms with Crippen molar-refractivity contribution in [2.45, 2.75) is 26.4 Å². The van der Waals surface area contributed by atoms with Gasteiger partial charge in [0.2, 0.25) is 5.91 Å². The van der Waals surface area contributed by atoms with E-state index in [-0.39, 0.29) is 18.3 Å². The van der Waals surface area contributed by atoms with Crippen molar-refractivity contribution in [1.29, 1.82) is 0 Å². The molecule has 108 valence electrons. The zero-order valence-electron chi connectivity index (χ0n) is 11.9. The molecule has 0 radical (unpaired) electrons. The molecule has 0 aliphatic heterocycles. The van der Waals surface area contributed by atoms with Gasteiger partial charge in [0.1, 0.15) is 0 Å². The summed E-state index contributed by atoms with van der Waals surface area (Å²) in [5, 5.41) is 2.41. The maximum absolute atomic E-state index is 11.9. The second-order valence-electron chi connectivity index (χ2n) is 4.82. The lowest BCUT2D eigenvalue weighted by Gasteiger charge is -2.23. The zero-order chi connectivity index (χ0) is 13.8. The lowest BCUT2D eigenvalue weighted by atomic mass is 10.1. The Morgan fingerprint density at radius 1 is 1.20 bits per heavy atom. The maximum Gasteiger partial charge on any atom is 0.239 e. The minimum absolute atomic E-state index is 0.